The summed E-state index contributed by atoms with van der Waals surface area (Å²) in [5.41, 5.74) is 0. The molecule has 19 heavy (non-hydrogen) atoms. The fourth-order valence-electron chi connectivity index (χ4n) is 3.36. The molecule has 2 atom stereocenters. The Bertz CT molecular complexity index is 348. The number of hydrogen-bond donors (Lipinski definition) is 1. The summed E-state index contributed by atoms with van der Waals surface area (Å²) in [6.45, 7) is 6.32. The summed E-state index contributed by atoms with van der Waals surface area (Å²) in [4.78, 5) is 26.1. The Kier molecular flexibility index (Phi) is 4.48. The van der Waals surface area contributed by atoms with E-state index in [1.54, 1.807) is 0 Å². The zero-order valence-electron chi connectivity index (χ0n) is 12.3. The molecule has 2 fully saturated rings. The second kappa shape index (κ2) is 5.93. The second-order valence-corrected chi connectivity index (χ2v) is 6.39. The molecule has 1 N–H and O–H groups in total. The molecule has 0 spiro atoms. The summed E-state index contributed by atoms with van der Waals surface area (Å²) in [6.07, 6.45) is 6.22. The van der Waals surface area contributed by atoms with E-state index >= 15 is 0 Å². The van der Waals surface area contributed by atoms with E-state index in [0.717, 1.165) is 0 Å². The van der Waals surface area contributed by atoms with Crippen LogP contribution in [0.3, 0.4) is 0 Å². The van der Waals surface area contributed by atoms with E-state index in [4.69, 9.17) is 0 Å². The van der Waals surface area contributed by atoms with Gasteiger partial charge in [-0.1, -0.05) is 33.1 Å². The fourth-order valence-corrected chi connectivity index (χ4v) is 3.36. The smallest absolute Gasteiger partial charge is 0.246 e. The normalized spacial score (nSPS) is 27.6. The van der Waals surface area contributed by atoms with E-state index < -0.39 is 0 Å². The third-order valence-electron chi connectivity index (χ3n) is 4.67. The second-order valence-electron chi connectivity index (χ2n) is 6.39. The van der Waals surface area contributed by atoms with Crippen LogP contribution in [0.4, 0.5) is 0 Å². The summed E-state index contributed by atoms with van der Waals surface area (Å²) < 4.78 is 0. The van der Waals surface area contributed by atoms with Crippen molar-refractivity contribution in [1.82, 2.24) is 10.2 Å². The molecule has 1 saturated carbocycles. The molecule has 2 amide bonds. The van der Waals surface area contributed by atoms with Gasteiger partial charge < -0.3 is 10.2 Å². The maximum Gasteiger partial charge on any atom is 0.246 e. The minimum Gasteiger partial charge on any atom is -0.343 e. The molecule has 0 bridgehead atoms. The van der Waals surface area contributed by atoms with Crippen molar-refractivity contribution < 1.29 is 9.59 Å². The van der Waals surface area contributed by atoms with Gasteiger partial charge in [-0.2, -0.15) is 0 Å². The maximum absolute atomic E-state index is 12.5. The van der Waals surface area contributed by atoms with Gasteiger partial charge in [0.1, 0.15) is 6.04 Å². The summed E-state index contributed by atoms with van der Waals surface area (Å²) in [7, 11) is 0. The van der Waals surface area contributed by atoms with Crippen LogP contribution >= 0.6 is 0 Å². The molecule has 108 valence electrons. The summed E-state index contributed by atoms with van der Waals surface area (Å²) in [5, 5.41) is 2.82. The first kappa shape index (κ1) is 14.4. The molecule has 0 radical (unpaired) electrons. The van der Waals surface area contributed by atoms with Gasteiger partial charge in [0.15, 0.2) is 0 Å². The lowest BCUT2D eigenvalue weighted by Crippen LogP contribution is -2.62. The van der Waals surface area contributed by atoms with Crippen LogP contribution < -0.4 is 5.32 Å². The van der Waals surface area contributed by atoms with Crippen molar-refractivity contribution >= 4 is 11.8 Å². The van der Waals surface area contributed by atoms with Gasteiger partial charge in [0.05, 0.1) is 6.54 Å². The lowest BCUT2D eigenvalue weighted by molar-refractivity contribution is -0.149. The van der Waals surface area contributed by atoms with E-state index in [-0.39, 0.29) is 36.4 Å². The molecule has 2 rings (SSSR count). The van der Waals surface area contributed by atoms with Gasteiger partial charge in [-0.15, -0.1) is 0 Å². The average Bonchev–Trinajstić information content (AvgIpc) is 2.41. The summed E-state index contributed by atoms with van der Waals surface area (Å²) in [6, 6.07) is -0.146. The molecule has 2 aliphatic rings. The number of piperazine rings is 1. The molecule has 1 heterocycles. The molecule has 1 aliphatic carbocycles. The van der Waals surface area contributed by atoms with Crippen molar-refractivity contribution in [2.45, 2.75) is 65.0 Å². The highest BCUT2D eigenvalue weighted by atomic mass is 16.2. The van der Waals surface area contributed by atoms with Gasteiger partial charge in [0.25, 0.3) is 0 Å². The van der Waals surface area contributed by atoms with Gasteiger partial charge in [0, 0.05) is 6.04 Å². The Morgan fingerprint density at radius 1 is 1.11 bits per heavy atom. The summed E-state index contributed by atoms with van der Waals surface area (Å²) in [5.74, 6) is 0.808. The lowest BCUT2D eigenvalue weighted by atomic mass is 9.83. The Morgan fingerprint density at radius 3 is 2.32 bits per heavy atom. The van der Waals surface area contributed by atoms with Gasteiger partial charge in [-0.05, 0) is 31.6 Å². The predicted molar refractivity (Wildman–Crippen MR) is 74.5 cm³/mol. The van der Waals surface area contributed by atoms with Crippen LogP contribution in [0.5, 0.6) is 0 Å². The quantitative estimate of drug-likeness (QED) is 0.848. The highest BCUT2D eigenvalue weighted by Gasteiger charge is 2.38. The summed E-state index contributed by atoms with van der Waals surface area (Å²) >= 11 is 0. The zero-order valence-corrected chi connectivity index (χ0v) is 12.3. The van der Waals surface area contributed by atoms with Crippen LogP contribution in [-0.4, -0.2) is 35.3 Å². The minimum absolute atomic E-state index is 0.0130. The van der Waals surface area contributed by atoms with Crippen LogP contribution in [0.25, 0.3) is 0 Å². The molecule has 1 aliphatic heterocycles. The predicted octanol–water partition coefficient (Wildman–Crippen LogP) is 1.94. The molecular formula is C15H26N2O2. The molecule has 1 saturated heterocycles. The van der Waals surface area contributed by atoms with E-state index in [9.17, 15) is 9.59 Å². The highest BCUT2D eigenvalue weighted by molar-refractivity contribution is 5.95. The van der Waals surface area contributed by atoms with Crippen molar-refractivity contribution in [3.63, 3.8) is 0 Å². The number of carbonyl (C=O) groups excluding carboxylic acids is 2. The van der Waals surface area contributed by atoms with Crippen LogP contribution in [0.1, 0.15) is 52.9 Å². The van der Waals surface area contributed by atoms with Crippen LogP contribution in [0.15, 0.2) is 0 Å². The third-order valence-corrected chi connectivity index (χ3v) is 4.67. The highest BCUT2D eigenvalue weighted by Crippen LogP contribution is 2.30. The molecule has 2 unspecified atom stereocenters. The van der Waals surface area contributed by atoms with E-state index in [1.807, 2.05) is 18.7 Å². The molecule has 0 aromatic carbocycles. The lowest BCUT2D eigenvalue weighted by Gasteiger charge is -2.41. The molecular weight excluding hydrogens is 240 g/mol. The van der Waals surface area contributed by atoms with E-state index in [2.05, 4.69) is 12.2 Å². The Balaban J connectivity index is 2.08. The first-order valence-corrected chi connectivity index (χ1v) is 7.60. The largest absolute Gasteiger partial charge is 0.343 e. The number of amides is 2. The average molecular weight is 266 g/mol. The van der Waals surface area contributed by atoms with Crippen molar-refractivity contribution in [1.29, 1.82) is 0 Å². The van der Waals surface area contributed by atoms with Gasteiger partial charge >= 0.3 is 0 Å². The van der Waals surface area contributed by atoms with Crippen molar-refractivity contribution in [3.05, 3.63) is 0 Å². The topological polar surface area (TPSA) is 49.4 Å². The maximum atomic E-state index is 12.5. The molecule has 0 aromatic rings. The number of nitrogens with zero attached hydrogens (tertiary/aromatic N) is 1. The van der Waals surface area contributed by atoms with Crippen molar-refractivity contribution in [2.75, 3.05) is 6.54 Å². The van der Waals surface area contributed by atoms with E-state index in [1.165, 1.54) is 32.1 Å². The Hall–Kier alpha value is -1.06. The zero-order chi connectivity index (χ0) is 14.0. The fraction of sp³-hybridized carbons (Fsp3) is 0.867. The van der Waals surface area contributed by atoms with Crippen LogP contribution in [0.2, 0.25) is 0 Å². The number of hydrogen-bond acceptors (Lipinski definition) is 2. The number of rotatable bonds is 3. The van der Waals surface area contributed by atoms with E-state index in [0.29, 0.717) is 5.92 Å². The standard InChI is InChI=1S/C15H26N2O2/c1-10(2)14-15(19)17(9-13(18)16-14)11(3)12-7-5-4-6-8-12/h10-12,14H,4-9H2,1-3H3,(H,16,18). The number of nitrogens with one attached hydrogen (secondary N) is 1. The van der Waals surface area contributed by atoms with Gasteiger partial charge in [-0.25, -0.2) is 0 Å². The van der Waals surface area contributed by atoms with Crippen molar-refractivity contribution in [3.8, 4) is 0 Å². The van der Waals surface area contributed by atoms with Gasteiger partial charge in [0.2, 0.25) is 11.8 Å². The SMILES string of the molecule is CC(C)C1NC(=O)CN(C(C)C2CCCCC2)C1=O. The Labute approximate surface area is 115 Å². The molecule has 4 heteroatoms. The van der Waals surface area contributed by atoms with Crippen molar-refractivity contribution in [2.24, 2.45) is 11.8 Å². The monoisotopic (exact) mass is 266 g/mol. The van der Waals surface area contributed by atoms with Gasteiger partial charge in [-0.3, -0.25) is 9.59 Å². The molecule has 4 nitrogen and oxygen atoms in total. The van der Waals surface area contributed by atoms with Crippen LogP contribution in [0, 0.1) is 11.8 Å². The third kappa shape index (κ3) is 3.10. The Morgan fingerprint density at radius 2 is 1.74 bits per heavy atom. The van der Waals surface area contributed by atoms with Crippen LogP contribution in [-0.2, 0) is 9.59 Å². The molecule has 0 aromatic heterocycles. The minimum atomic E-state index is -0.340. The number of carbonyl (C=O) groups is 2. The first-order valence-electron chi connectivity index (χ1n) is 7.60. The first-order chi connectivity index (χ1) is 9.00.